The van der Waals surface area contributed by atoms with E-state index in [0.717, 1.165) is 25.2 Å². The first kappa shape index (κ1) is 13.4. The lowest BCUT2D eigenvalue weighted by Gasteiger charge is -2.16. The number of nitrogens with one attached hydrogen (secondary N) is 1. The zero-order valence-electron chi connectivity index (χ0n) is 9.98. The molecule has 1 aromatic rings. The maximum Gasteiger partial charge on any atom is 0.126 e. The average Bonchev–Trinajstić information content (AvgIpc) is 2.22. The van der Waals surface area contributed by atoms with Crippen molar-refractivity contribution in [2.24, 2.45) is 0 Å². The highest BCUT2D eigenvalue weighted by molar-refractivity contribution is 6.31. The number of halogens is 2. The molecule has 0 aliphatic heterocycles. The zero-order valence-corrected chi connectivity index (χ0v) is 10.7. The molecule has 0 aliphatic carbocycles. The second-order valence-corrected chi connectivity index (χ2v) is 4.44. The van der Waals surface area contributed by atoms with Gasteiger partial charge in [0.1, 0.15) is 5.82 Å². The van der Waals surface area contributed by atoms with Gasteiger partial charge in [-0.15, -0.1) is 0 Å². The van der Waals surface area contributed by atoms with Crippen LogP contribution < -0.4 is 5.32 Å². The number of benzene rings is 1. The van der Waals surface area contributed by atoms with Gasteiger partial charge in [0.15, 0.2) is 0 Å². The molecule has 0 aromatic heterocycles. The molecule has 1 rings (SSSR count). The van der Waals surface area contributed by atoms with E-state index in [9.17, 15) is 4.39 Å². The Bertz CT molecular complexity index is 355. The minimum Gasteiger partial charge on any atom is -0.307 e. The second-order valence-electron chi connectivity index (χ2n) is 4.03. The molecule has 0 bridgehead atoms. The Hall–Kier alpha value is -0.640. The van der Waals surface area contributed by atoms with E-state index in [1.165, 1.54) is 6.07 Å². The molecule has 0 saturated heterocycles. The van der Waals surface area contributed by atoms with E-state index in [1.54, 1.807) is 13.0 Å². The molecule has 0 aliphatic rings. The molecule has 4 heteroatoms. The average molecular weight is 245 g/mol. The Balaban J connectivity index is 2.63. The number of likely N-dealkylation sites (N-methyl/N-ethyl adjacent to an activating group) is 1. The van der Waals surface area contributed by atoms with Gasteiger partial charge < -0.3 is 5.32 Å². The second kappa shape index (κ2) is 6.18. The lowest BCUT2D eigenvalue weighted by Crippen LogP contribution is -2.30. The molecule has 0 spiro atoms. The SMILES string of the molecule is CNCN(C)CCc1cc(F)c(C)cc1Cl. The van der Waals surface area contributed by atoms with Crippen LogP contribution in [0.25, 0.3) is 0 Å². The summed E-state index contributed by atoms with van der Waals surface area (Å²) in [5.41, 5.74) is 1.46. The van der Waals surface area contributed by atoms with Crippen molar-refractivity contribution in [2.75, 3.05) is 27.3 Å². The quantitative estimate of drug-likeness (QED) is 0.801. The molecule has 1 aromatic carbocycles. The molecule has 2 nitrogen and oxygen atoms in total. The number of nitrogens with zero attached hydrogens (tertiary/aromatic N) is 1. The van der Waals surface area contributed by atoms with Crippen LogP contribution in [0.4, 0.5) is 4.39 Å². The van der Waals surface area contributed by atoms with Crippen molar-refractivity contribution < 1.29 is 4.39 Å². The summed E-state index contributed by atoms with van der Waals surface area (Å²) >= 11 is 6.06. The fourth-order valence-corrected chi connectivity index (χ4v) is 1.85. The summed E-state index contributed by atoms with van der Waals surface area (Å²) in [6, 6.07) is 3.22. The minimum atomic E-state index is -0.185. The van der Waals surface area contributed by atoms with Crippen LogP contribution >= 0.6 is 11.6 Å². The highest BCUT2D eigenvalue weighted by Gasteiger charge is 2.06. The molecule has 0 radical (unpaired) electrons. The van der Waals surface area contributed by atoms with Crippen LogP contribution in [0.5, 0.6) is 0 Å². The van der Waals surface area contributed by atoms with Crippen molar-refractivity contribution in [3.05, 3.63) is 34.1 Å². The Morgan fingerprint density at radius 3 is 2.75 bits per heavy atom. The van der Waals surface area contributed by atoms with Gasteiger partial charge in [0.05, 0.1) is 0 Å². The minimum absolute atomic E-state index is 0.185. The number of hydrogen-bond acceptors (Lipinski definition) is 2. The highest BCUT2D eigenvalue weighted by Crippen LogP contribution is 2.20. The van der Waals surface area contributed by atoms with Crippen molar-refractivity contribution in [3.63, 3.8) is 0 Å². The molecule has 90 valence electrons. The molecule has 0 heterocycles. The van der Waals surface area contributed by atoms with Gasteiger partial charge in [0.25, 0.3) is 0 Å². The van der Waals surface area contributed by atoms with Gasteiger partial charge in [-0.2, -0.15) is 0 Å². The summed E-state index contributed by atoms with van der Waals surface area (Å²) < 4.78 is 13.3. The molecule has 0 atom stereocenters. The summed E-state index contributed by atoms with van der Waals surface area (Å²) in [7, 11) is 3.91. The lowest BCUT2D eigenvalue weighted by atomic mass is 10.1. The van der Waals surface area contributed by atoms with Crippen LogP contribution in [0, 0.1) is 12.7 Å². The van der Waals surface area contributed by atoms with Gasteiger partial charge >= 0.3 is 0 Å². The Kier molecular flexibility index (Phi) is 5.19. The van der Waals surface area contributed by atoms with Crippen molar-refractivity contribution in [1.29, 1.82) is 0 Å². The molecular weight excluding hydrogens is 227 g/mol. The Morgan fingerprint density at radius 2 is 2.12 bits per heavy atom. The summed E-state index contributed by atoms with van der Waals surface area (Å²) in [4.78, 5) is 2.12. The van der Waals surface area contributed by atoms with Gasteiger partial charge in [-0.1, -0.05) is 11.6 Å². The van der Waals surface area contributed by atoms with Gasteiger partial charge in [-0.05, 0) is 50.7 Å². The third-order valence-corrected chi connectivity index (χ3v) is 2.87. The predicted octanol–water partition coefficient (Wildman–Crippen LogP) is 2.44. The molecule has 0 saturated carbocycles. The topological polar surface area (TPSA) is 15.3 Å². The van der Waals surface area contributed by atoms with Crippen LogP contribution in [-0.4, -0.2) is 32.2 Å². The smallest absolute Gasteiger partial charge is 0.126 e. The monoisotopic (exact) mass is 244 g/mol. The molecular formula is C12H18ClFN2. The van der Waals surface area contributed by atoms with Crippen LogP contribution in [0.1, 0.15) is 11.1 Å². The van der Waals surface area contributed by atoms with Crippen LogP contribution in [-0.2, 0) is 6.42 Å². The number of hydrogen-bond donors (Lipinski definition) is 1. The molecule has 0 fully saturated rings. The van der Waals surface area contributed by atoms with Gasteiger partial charge in [0, 0.05) is 18.2 Å². The van der Waals surface area contributed by atoms with Crippen molar-refractivity contribution in [2.45, 2.75) is 13.3 Å². The third-order valence-electron chi connectivity index (χ3n) is 2.52. The fourth-order valence-electron chi connectivity index (χ4n) is 1.54. The van der Waals surface area contributed by atoms with E-state index in [-0.39, 0.29) is 5.82 Å². The molecule has 0 amide bonds. The van der Waals surface area contributed by atoms with Gasteiger partial charge in [0.2, 0.25) is 0 Å². The highest BCUT2D eigenvalue weighted by atomic mass is 35.5. The first-order valence-electron chi connectivity index (χ1n) is 5.32. The van der Waals surface area contributed by atoms with E-state index in [2.05, 4.69) is 10.2 Å². The first-order chi connectivity index (χ1) is 7.54. The maximum absolute atomic E-state index is 13.3. The number of aryl methyl sites for hydroxylation is 1. The summed E-state index contributed by atoms with van der Waals surface area (Å²) in [6.07, 6.45) is 0.758. The summed E-state index contributed by atoms with van der Waals surface area (Å²) in [6.45, 7) is 3.38. The van der Waals surface area contributed by atoms with Gasteiger partial charge in [-0.25, -0.2) is 4.39 Å². The summed E-state index contributed by atoms with van der Waals surface area (Å²) in [5.74, 6) is -0.185. The van der Waals surface area contributed by atoms with E-state index in [1.807, 2.05) is 14.1 Å². The molecule has 0 unspecified atom stereocenters. The van der Waals surface area contributed by atoms with Crippen molar-refractivity contribution in [1.82, 2.24) is 10.2 Å². The third kappa shape index (κ3) is 3.74. The van der Waals surface area contributed by atoms with Crippen molar-refractivity contribution >= 4 is 11.6 Å². The Labute approximate surface area is 101 Å². The maximum atomic E-state index is 13.3. The molecule has 16 heavy (non-hydrogen) atoms. The number of rotatable bonds is 5. The van der Waals surface area contributed by atoms with Gasteiger partial charge in [-0.3, -0.25) is 4.90 Å². The van der Waals surface area contributed by atoms with E-state index < -0.39 is 0 Å². The normalized spacial score (nSPS) is 11.1. The van der Waals surface area contributed by atoms with E-state index in [4.69, 9.17) is 11.6 Å². The van der Waals surface area contributed by atoms with E-state index >= 15 is 0 Å². The predicted molar refractivity (Wildman–Crippen MR) is 66.4 cm³/mol. The summed E-state index contributed by atoms with van der Waals surface area (Å²) in [5, 5.41) is 3.71. The standard InChI is InChI=1S/C12H18ClFN2/c1-9-6-11(13)10(7-12(9)14)4-5-16(3)8-15-2/h6-7,15H,4-5,8H2,1-3H3. The fraction of sp³-hybridized carbons (Fsp3) is 0.500. The molecule has 1 N–H and O–H groups in total. The zero-order chi connectivity index (χ0) is 12.1. The van der Waals surface area contributed by atoms with Crippen molar-refractivity contribution in [3.8, 4) is 0 Å². The van der Waals surface area contributed by atoms with Crippen LogP contribution in [0.2, 0.25) is 5.02 Å². The largest absolute Gasteiger partial charge is 0.307 e. The Morgan fingerprint density at radius 1 is 1.44 bits per heavy atom. The van der Waals surface area contributed by atoms with Crippen LogP contribution in [0.3, 0.4) is 0 Å². The first-order valence-corrected chi connectivity index (χ1v) is 5.70. The van der Waals surface area contributed by atoms with E-state index in [0.29, 0.717) is 10.6 Å². The lowest BCUT2D eigenvalue weighted by molar-refractivity contribution is 0.321. The van der Waals surface area contributed by atoms with Crippen LogP contribution in [0.15, 0.2) is 12.1 Å².